The van der Waals surface area contributed by atoms with Crippen LogP contribution in [0.3, 0.4) is 0 Å². The molecule has 1 heterocycles. The van der Waals surface area contributed by atoms with Gasteiger partial charge in [-0.3, -0.25) is 0 Å². The molecule has 0 saturated heterocycles. The number of para-hydroxylation sites is 1. The number of sulfone groups is 1. The minimum absolute atomic E-state index is 0.0196. The monoisotopic (exact) mass is 267 g/mol. The number of fused-ring (bicyclic) bond motifs is 1. The van der Waals surface area contributed by atoms with E-state index in [4.69, 9.17) is 0 Å². The Morgan fingerprint density at radius 3 is 2.67 bits per heavy atom. The molecule has 0 unspecified atom stereocenters. The summed E-state index contributed by atoms with van der Waals surface area (Å²) in [5.74, 6) is 0.217. The summed E-state index contributed by atoms with van der Waals surface area (Å²) in [6.45, 7) is 0.636. The first-order valence-corrected chi connectivity index (χ1v) is 7.96. The summed E-state index contributed by atoms with van der Waals surface area (Å²) in [7, 11) is -3.32. The van der Waals surface area contributed by atoms with E-state index in [9.17, 15) is 13.5 Å². The highest BCUT2D eigenvalue weighted by Gasteiger charge is 2.41. The number of nitrogens with one attached hydrogen (secondary N) is 1. The maximum atomic E-state index is 12.5. The standard InChI is InChI=1S/C13H17NO3S/c15-10-4-3-5-11-12(10)14-8-13(6-1-2-7-13)9-18(11,16)17/h3-5,14-15H,1-2,6-9H2. The van der Waals surface area contributed by atoms with Crippen LogP contribution in [-0.2, 0) is 9.84 Å². The van der Waals surface area contributed by atoms with Gasteiger partial charge >= 0.3 is 0 Å². The van der Waals surface area contributed by atoms with Crippen molar-refractivity contribution in [3.63, 3.8) is 0 Å². The molecule has 2 aliphatic rings. The largest absolute Gasteiger partial charge is 0.506 e. The van der Waals surface area contributed by atoms with Crippen LogP contribution >= 0.6 is 0 Å². The van der Waals surface area contributed by atoms with E-state index >= 15 is 0 Å². The van der Waals surface area contributed by atoms with Crippen molar-refractivity contribution in [2.75, 3.05) is 17.6 Å². The summed E-state index contributed by atoms with van der Waals surface area (Å²) >= 11 is 0. The molecule has 1 aromatic rings. The van der Waals surface area contributed by atoms with E-state index in [1.165, 1.54) is 6.07 Å². The average molecular weight is 267 g/mol. The van der Waals surface area contributed by atoms with Crippen LogP contribution in [0.15, 0.2) is 23.1 Å². The van der Waals surface area contributed by atoms with Crippen molar-refractivity contribution in [1.82, 2.24) is 0 Å². The van der Waals surface area contributed by atoms with Crippen molar-refractivity contribution >= 4 is 15.5 Å². The van der Waals surface area contributed by atoms with E-state index in [2.05, 4.69) is 5.32 Å². The zero-order valence-corrected chi connectivity index (χ0v) is 11.0. The smallest absolute Gasteiger partial charge is 0.181 e. The molecule has 4 nitrogen and oxygen atoms in total. The number of hydrogen-bond acceptors (Lipinski definition) is 4. The topological polar surface area (TPSA) is 66.4 Å². The summed E-state index contributed by atoms with van der Waals surface area (Å²) < 4.78 is 24.9. The van der Waals surface area contributed by atoms with Gasteiger partial charge in [0.2, 0.25) is 0 Å². The number of hydrogen-bond donors (Lipinski definition) is 2. The first kappa shape index (κ1) is 11.8. The van der Waals surface area contributed by atoms with Crippen LogP contribution in [0.2, 0.25) is 0 Å². The van der Waals surface area contributed by atoms with Gasteiger partial charge in [-0.2, -0.15) is 0 Å². The second-order valence-electron chi connectivity index (χ2n) is 5.47. The van der Waals surface area contributed by atoms with Gasteiger partial charge in [0, 0.05) is 12.0 Å². The van der Waals surface area contributed by atoms with Crippen molar-refractivity contribution < 1.29 is 13.5 Å². The number of anilines is 1. The summed E-state index contributed by atoms with van der Waals surface area (Å²) in [5.41, 5.74) is 0.228. The van der Waals surface area contributed by atoms with Crippen molar-refractivity contribution in [3.8, 4) is 5.75 Å². The highest BCUT2D eigenvalue weighted by atomic mass is 32.2. The minimum Gasteiger partial charge on any atom is -0.506 e. The molecule has 1 aliphatic heterocycles. The van der Waals surface area contributed by atoms with Gasteiger partial charge in [0.1, 0.15) is 5.75 Å². The van der Waals surface area contributed by atoms with Crippen LogP contribution < -0.4 is 5.32 Å². The lowest BCUT2D eigenvalue weighted by Gasteiger charge is -2.26. The molecule has 0 bridgehead atoms. The Morgan fingerprint density at radius 2 is 1.94 bits per heavy atom. The molecule has 98 valence electrons. The van der Waals surface area contributed by atoms with E-state index in [1.54, 1.807) is 12.1 Å². The maximum Gasteiger partial charge on any atom is 0.181 e. The van der Waals surface area contributed by atoms with E-state index in [-0.39, 0.29) is 21.8 Å². The van der Waals surface area contributed by atoms with Crippen LogP contribution in [0.4, 0.5) is 5.69 Å². The minimum atomic E-state index is -3.32. The Balaban J connectivity index is 2.11. The quantitative estimate of drug-likeness (QED) is 0.707. The van der Waals surface area contributed by atoms with Crippen molar-refractivity contribution in [3.05, 3.63) is 18.2 Å². The first-order chi connectivity index (χ1) is 8.53. The van der Waals surface area contributed by atoms with Crippen LogP contribution in [0.1, 0.15) is 25.7 Å². The van der Waals surface area contributed by atoms with Gasteiger partial charge in [-0.15, -0.1) is 0 Å². The third-order valence-electron chi connectivity index (χ3n) is 4.14. The second-order valence-corrected chi connectivity index (χ2v) is 7.43. The number of phenolic OH excluding ortho intramolecular Hbond substituents is 1. The highest BCUT2D eigenvalue weighted by molar-refractivity contribution is 7.91. The molecule has 1 fully saturated rings. The molecule has 3 rings (SSSR count). The Hall–Kier alpha value is -1.23. The zero-order valence-electron chi connectivity index (χ0n) is 10.1. The van der Waals surface area contributed by atoms with E-state index in [1.807, 2.05) is 0 Å². The van der Waals surface area contributed by atoms with Gasteiger partial charge in [-0.1, -0.05) is 18.9 Å². The van der Waals surface area contributed by atoms with E-state index in [0.29, 0.717) is 12.2 Å². The van der Waals surface area contributed by atoms with Crippen molar-refractivity contribution in [2.45, 2.75) is 30.6 Å². The predicted octanol–water partition coefficient (Wildman–Crippen LogP) is 2.15. The predicted molar refractivity (Wildman–Crippen MR) is 69.6 cm³/mol. The molecule has 1 spiro atoms. The summed E-state index contributed by atoms with van der Waals surface area (Å²) in [4.78, 5) is 0.242. The average Bonchev–Trinajstić information content (AvgIpc) is 2.70. The molecule has 18 heavy (non-hydrogen) atoms. The van der Waals surface area contributed by atoms with Crippen LogP contribution in [0.25, 0.3) is 0 Å². The normalized spacial score (nSPS) is 24.2. The molecule has 0 aromatic heterocycles. The van der Waals surface area contributed by atoms with Crippen LogP contribution in [-0.4, -0.2) is 25.8 Å². The van der Waals surface area contributed by atoms with Gasteiger partial charge < -0.3 is 10.4 Å². The number of rotatable bonds is 0. The summed E-state index contributed by atoms with van der Waals surface area (Å²) in [6, 6.07) is 4.68. The maximum absolute atomic E-state index is 12.5. The zero-order chi connectivity index (χ0) is 12.8. The molecule has 1 saturated carbocycles. The molecule has 0 radical (unpaired) electrons. The van der Waals surface area contributed by atoms with Crippen molar-refractivity contribution in [1.29, 1.82) is 0 Å². The van der Waals surface area contributed by atoms with Gasteiger partial charge in [-0.05, 0) is 25.0 Å². The summed E-state index contributed by atoms with van der Waals surface area (Å²) in [5, 5.41) is 13.0. The fourth-order valence-corrected chi connectivity index (χ4v) is 5.34. The Bertz CT molecular complexity index is 574. The summed E-state index contributed by atoms with van der Waals surface area (Å²) in [6.07, 6.45) is 4.10. The second kappa shape index (κ2) is 3.88. The number of phenols is 1. The third kappa shape index (κ3) is 1.77. The van der Waals surface area contributed by atoms with Gasteiger partial charge in [0.15, 0.2) is 9.84 Å². The van der Waals surface area contributed by atoms with Crippen LogP contribution in [0.5, 0.6) is 5.75 Å². The van der Waals surface area contributed by atoms with E-state index in [0.717, 1.165) is 25.7 Å². The molecule has 0 atom stereocenters. The molecule has 1 aromatic carbocycles. The van der Waals surface area contributed by atoms with Crippen LogP contribution in [0, 0.1) is 5.41 Å². The fraction of sp³-hybridized carbons (Fsp3) is 0.538. The molecule has 1 aliphatic carbocycles. The lowest BCUT2D eigenvalue weighted by molar-refractivity contribution is 0.364. The molecule has 5 heteroatoms. The Morgan fingerprint density at radius 1 is 1.22 bits per heavy atom. The van der Waals surface area contributed by atoms with Gasteiger partial charge in [0.25, 0.3) is 0 Å². The lowest BCUT2D eigenvalue weighted by Crippen LogP contribution is -2.31. The van der Waals surface area contributed by atoms with Gasteiger partial charge in [0.05, 0.1) is 16.3 Å². The molecule has 0 amide bonds. The molecular weight excluding hydrogens is 250 g/mol. The Labute approximate surface area is 107 Å². The molecule has 2 N–H and O–H groups in total. The van der Waals surface area contributed by atoms with Gasteiger partial charge in [-0.25, -0.2) is 8.42 Å². The first-order valence-electron chi connectivity index (χ1n) is 6.31. The molecular formula is C13H17NO3S. The number of aromatic hydroxyl groups is 1. The van der Waals surface area contributed by atoms with E-state index < -0.39 is 9.84 Å². The lowest BCUT2D eigenvalue weighted by atomic mass is 9.88. The number of benzene rings is 1. The third-order valence-corrected chi connectivity index (χ3v) is 6.14. The SMILES string of the molecule is O=S1(=O)CC2(CCCC2)CNc2c(O)cccc21. The fourth-order valence-electron chi connectivity index (χ4n) is 3.21. The highest BCUT2D eigenvalue weighted by Crippen LogP contribution is 2.45. The van der Waals surface area contributed by atoms with Crippen molar-refractivity contribution in [2.24, 2.45) is 5.41 Å². The Kier molecular flexibility index (Phi) is 2.55.